The number of hydrogen-bond acceptors (Lipinski definition) is 7. The first-order valence-corrected chi connectivity index (χ1v) is 11.9. The molecule has 0 spiro atoms. The van der Waals surface area contributed by atoms with Crippen LogP contribution in [0.5, 0.6) is 0 Å². The van der Waals surface area contributed by atoms with Gasteiger partial charge in [-0.3, -0.25) is 9.69 Å². The second-order valence-electron chi connectivity index (χ2n) is 7.89. The van der Waals surface area contributed by atoms with Crippen LogP contribution < -0.4 is 0 Å². The number of halogens is 1. The molecule has 1 aliphatic heterocycles. The Balaban J connectivity index is 1.20. The van der Waals surface area contributed by atoms with Crippen molar-refractivity contribution >= 4 is 28.8 Å². The first-order valence-electron chi connectivity index (χ1n) is 10.7. The fourth-order valence-electron chi connectivity index (χ4n) is 3.81. The number of aryl methyl sites for hydroxylation is 1. The van der Waals surface area contributed by atoms with Gasteiger partial charge in [0.1, 0.15) is 9.88 Å². The number of thiazole rings is 1. The van der Waals surface area contributed by atoms with Gasteiger partial charge in [0.2, 0.25) is 11.7 Å². The van der Waals surface area contributed by atoms with Gasteiger partial charge in [-0.15, -0.1) is 11.3 Å². The summed E-state index contributed by atoms with van der Waals surface area (Å²) in [6.07, 6.45) is 0. The van der Waals surface area contributed by atoms with E-state index in [-0.39, 0.29) is 5.91 Å². The van der Waals surface area contributed by atoms with Crippen LogP contribution in [0.2, 0.25) is 5.02 Å². The number of benzene rings is 2. The highest BCUT2D eigenvalue weighted by Gasteiger charge is 2.26. The van der Waals surface area contributed by atoms with Gasteiger partial charge in [0.05, 0.1) is 12.2 Å². The lowest BCUT2D eigenvalue weighted by Gasteiger charge is -2.33. The molecule has 33 heavy (non-hydrogen) atoms. The Hall–Kier alpha value is -3.07. The summed E-state index contributed by atoms with van der Waals surface area (Å²) in [7, 11) is 0. The number of amides is 1. The smallest absolute Gasteiger partial charge is 0.265 e. The van der Waals surface area contributed by atoms with Gasteiger partial charge in [0, 0.05) is 42.3 Å². The van der Waals surface area contributed by atoms with Crippen LogP contribution in [0.25, 0.3) is 22.0 Å². The molecule has 3 heterocycles. The molecule has 9 heteroatoms. The predicted molar refractivity (Wildman–Crippen MR) is 128 cm³/mol. The molecule has 1 fully saturated rings. The summed E-state index contributed by atoms with van der Waals surface area (Å²) in [5.41, 5.74) is 2.61. The molecule has 0 aliphatic carbocycles. The highest BCUT2D eigenvalue weighted by molar-refractivity contribution is 7.17. The largest absolute Gasteiger partial charge is 0.338 e. The number of aromatic nitrogens is 3. The fraction of sp³-hybridized carbons (Fsp3) is 0.250. The minimum absolute atomic E-state index is 0.0297. The summed E-state index contributed by atoms with van der Waals surface area (Å²) < 4.78 is 5.44. The quantitative estimate of drug-likeness (QED) is 0.410. The molecule has 1 saturated heterocycles. The zero-order chi connectivity index (χ0) is 22.8. The molecule has 5 rings (SSSR count). The van der Waals surface area contributed by atoms with E-state index in [1.54, 1.807) is 0 Å². The van der Waals surface area contributed by atoms with E-state index in [4.69, 9.17) is 16.1 Å². The van der Waals surface area contributed by atoms with Gasteiger partial charge < -0.3 is 9.42 Å². The summed E-state index contributed by atoms with van der Waals surface area (Å²) in [6, 6.07) is 17.3. The lowest BCUT2D eigenvalue weighted by molar-refractivity contribution is 0.0619. The van der Waals surface area contributed by atoms with E-state index >= 15 is 0 Å². The van der Waals surface area contributed by atoms with Crippen LogP contribution >= 0.6 is 22.9 Å². The van der Waals surface area contributed by atoms with Gasteiger partial charge in [-0.25, -0.2) is 4.98 Å². The molecule has 4 aromatic rings. The topological polar surface area (TPSA) is 75.4 Å². The molecule has 0 unspecified atom stereocenters. The zero-order valence-electron chi connectivity index (χ0n) is 18.1. The molecule has 0 atom stereocenters. The summed E-state index contributed by atoms with van der Waals surface area (Å²) in [5, 5.41) is 5.55. The molecule has 1 amide bonds. The Morgan fingerprint density at radius 1 is 1.03 bits per heavy atom. The minimum atomic E-state index is 0.0297. The Morgan fingerprint density at radius 2 is 1.79 bits per heavy atom. The standard InChI is InChI=1S/C24H22ClN5O2S/c1-16-21(33-23(26-16)18-8-5-9-19(25)14-18)24(31)30-12-10-29(11-13-30)15-20-27-22(28-32-20)17-6-3-2-4-7-17/h2-9,14H,10-13,15H2,1H3. The Bertz CT molecular complexity index is 1260. The Labute approximate surface area is 200 Å². The van der Waals surface area contributed by atoms with E-state index in [1.807, 2.05) is 66.4 Å². The maximum atomic E-state index is 13.2. The summed E-state index contributed by atoms with van der Waals surface area (Å²) in [5.74, 6) is 1.20. The number of carbonyl (C=O) groups excluding carboxylic acids is 1. The lowest BCUT2D eigenvalue weighted by atomic mass is 10.2. The zero-order valence-corrected chi connectivity index (χ0v) is 19.6. The van der Waals surface area contributed by atoms with Gasteiger partial charge in [0.15, 0.2) is 0 Å². The number of nitrogens with zero attached hydrogens (tertiary/aromatic N) is 5. The van der Waals surface area contributed by atoms with E-state index in [0.717, 1.165) is 34.9 Å². The minimum Gasteiger partial charge on any atom is -0.338 e. The third-order valence-corrected chi connectivity index (χ3v) is 7.01. The molecule has 0 saturated carbocycles. The number of rotatable bonds is 5. The van der Waals surface area contributed by atoms with Gasteiger partial charge >= 0.3 is 0 Å². The molecule has 2 aromatic carbocycles. The second-order valence-corrected chi connectivity index (χ2v) is 9.33. The first kappa shape index (κ1) is 21.8. The fourth-order valence-corrected chi connectivity index (χ4v) is 5.03. The average Bonchev–Trinajstić information content (AvgIpc) is 3.46. The van der Waals surface area contributed by atoms with Crippen LogP contribution in [-0.4, -0.2) is 57.0 Å². The Kier molecular flexibility index (Phi) is 6.22. The van der Waals surface area contributed by atoms with Crippen LogP contribution in [0.1, 0.15) is 21.3 Å². The maximum Gasteiger partial charge on any atom is 0.265 e. The summed E-state index contributed by atoms with van der Waals surface area (Å²) >= 11 is 7.53. The van der Waals surface area contributed by atoms with E-state index in [9.17, 15) is 4.79 Å². The van der Waals surface area contributed by atoms with E-state index < -0.39 is 0 Å². The van der Waals surface area contributed by atoms with Crippen molar-refractivity contribution < 1.29 is 9.32 Å². The third-order valence-electron chi connectivity index (χ3n) is 5.58. The van der Waals surface area contributed by atoms with Gasteiger partial charge in [-0.1, -0.05) is 59.2 Å². The van der Waals surface area contributed by atoms with Crippen molar-refractivity contribution in [3.63, 3.8) is 0 Å². The molecule has 0 bridgehead atoms. The lowest BCUT2D eigenvalue weighted by Crippen LogP contribution is -2.48. The molecule has 1 aliphatic rings. The van der Waals surface area contributed by atoms with Crippen molar-refractivity contribution in [2.75, 3.05) is 26.2 Å². The molecule has 168 valence electrons. The molecule has 0 N–H and O–H groups in total. The highest BCUT2D eigenvalue weighted by atomic mass is 35.5. The summed E-state index contributed by atoms with van der Waals surface area (Å²) in [4.78, 5) is 27.1. The van der Waals surface area contributed by atoms with Crippen molar-refractivity contribution in [3.05, 3.63) is 76.1 Å². The predicted octanol–water partition coefficient (Wildman–Crippen LogP) is 4.78. The molecule has 0 radical (unpaired) electrons. The van der Waals surface area contributed by atoms with Crippen LogP contribution in [0, 0.1) is 6.92 Å². The monoisotopic (exact) mass is 479 g/mol. The van der Waals surface area contributed by atoms with Crippen LogP contribution in [0.4, 0.5) is 0 Å². The van der Waals surface area contributed by atoms with Crippen molar-refractivity contribution in [2.24, 2.45) is 0 Å². The first-order chi connectivity index (χ1) is 16.1. The third kappa shape index (κ3) is 4.83. The molecular formula is C24H22ClN5O2S. The molecular weight excluding hydrogens is 458 g/mol. The van der Waals surface area contributed by atoms with Crippen molar-refractivity contribution in [1.82, 2.24) is 24.9 Å². The molecule has 2 aromatic heterocycles. The van der Waals surface area contributed by atoms with Crippen molar-refractivity contribution in [1.29, 1.82) is 0 Å². The summed E-state index contributed by atoms with van der Waals surface area (Å²) in [6.45, 7) is 5.22. The van der Waals surface area contributed by atoms with Crippen LogP contribution in [-0.2, 0) is 6.54 Å². The SMILES string of the molecule is Cc1nc(-c2cccc(Cl)c2)sc1C(=O)N1CCN(Cc2nc(-c3ccccc3)no2)CC1. The van der Waals surface area contributed by atoms with Gasteiger partial charge in [-0.2, -0.15) is 4.98 Å². The van der Waals surface area contributed by atoms with Crippen LogP contribution in [0.15, 0.2) is 59.1 Å². The normalized spacial score (nSPS) is 14.5. The average molecular weight is 480 g/mol. The van der Waals surface area contributed by atoms with Crippen molar-refractivity contribution in [3.8, 4) is 22.0 Å². The highest BCUT2D eigenvalue weighted by Crippen LogP contribution is 2.30. The van der Waals surface area contributed by atoms with E-state index in [0.29, 0.717) is 41.2 Å². The number of piperazine rings is 1. The second kappa shape index (κ2) is 9.43. The maximum absolute atomic E-state index is 13.2. The van der Waals surface area contributed by atoms with Gasteiger partial charge in [-0.05, 0) is 19.1 Å². The molecule has 7 nitrogen and oxygen atoms in total. The van der Waals surface area contributed by atoms with E-state index in [2.05, 4.69) is 20.0 Å². The van der Waals surface area contributed by atoms with Crippen LogP contribution in [0.3, 0.4) is 0 Å². The van der Waals surface area contributed by atoms with Crippen molar-refractivity contribution in [2.45, 2.75) is 13.5 Å². The van der Waals surface area contributed by atoms with Gasteiger partial charge in [0.25, 0.3) is 5.91 Å². The Morgan fingerprint density at radius 3 is 2.55 bits per heavy atom. The number of carbonyl (C=O) groups is 1. The number of hydrogen-bond donors (Lipinski definition) is 0. The van der Waals surface area contributed by atoms with E-state index in [1.165, 1.54) is 11.3 Å².